The Hall–Kier alpha value is -2.56. The molecule has 0 saturated heterocycles. The van der Waals surface area contributed by atoms with Gasteiger partial charge in [0.1, 0.15) is 16.8 Å². The second-order valence-electron chi connectivity index (χ2n) is 5.34. The van der Waals surface area contributed by atoms with Crippen molar-refractivity contribution >= 4 is 16.7 Å². The van der Waals surface area contributed by atoms with Crippen molar-refractivity contribution in [3.63, 3.8) is 0 Å². The van der Waals surface area contributed by atoms with Crippen molar-refractivity contribution in [3.8, 4) is 11.4 Å². The molecule has 22 heavy (non-hydrogen) atoms. The van der Waals surface area contributed by atoms with Crippen LogP contribution in [-0.4, -0.2) is 22.1 Å². The summed E-state index contributed by atoms with van der Waals surface area (Å²) < 4.78 is 5.22. The zero-order chi connectivity index (χ0) is 15.5. The van der Waals surface area contributed by atoms with Crippen LogP contribution in [0.5, 0.6) is 5.75 Å². The number of methoxy groups -OCH3 is 1. The molecule has 0 bridgehead atoms. The standard InChI is InChI=1S/C17H20N4O/c1-3-4-5-12-6-8-13(9-7-12)21-19-15-10-14(18)17(22-2)11-16(15)20-21/h6-11H,3-5,18H2,1-2H3. The van der Waals surface area contributed by atoms with Gasteiger partial charge in [-0.3, -0.25) is 0 Å². The zero-order valence-corrected chi connectivity index (χ0v) is 12.9. The first-order valence-electron chi connectivity index (χ1n) is 7.51. The molecule has 0 amide bonds. The average Bonchev–Trinajstić information content (AvgIpc) is 2.95. The first kappa shape index (κ1) is 14.4. The largest absolute Gasteiger partial charge is 0.495 e. The van der Waals surface area contributed by atoms with Crippen LogP contribution in [0.25, 0.3) is 16.7 Å². The number of fused-ring (bicyclic) bond motifs is 1. The van der Waals surface area contributed by atoms with Crippen LogP contribution in [0.1, 0.15) is 25.3 Å². The number of nitrogens with zero attached hydrogens (tertiary/aromatic N) is 3. The minimum atomic E-state index is 0.567. The fraction of sp³-hybridized carbons (Fsp3) is 0.294. The van der Waals surface area contributed by atoms with Gasteiger partial charge in [0.05, 0.1) is 18.5 Å². The Bertz CT molecular complexity index is 777. The Balaban J connectivity index is 1.92. The number of nitrogens with two attached hydrogens (primary N) is 1. The van der Waals surface area contributed by atoms with Gasteiger partial charge in [-0.1, -0.05) is 25.5 Å². The lowest BCUT2D eigenvalue weighted by Crippen LogP contribution is -1.98. The van der Waals surface area contributed by atoms with Crippen LogP contribution in [0.4, 0.5) is 5.69 Å². The Morgan fingerprint density at radius 2 is 1.77 bits per heavy atom. The van der Waals surface area contributed by atoms with Crippen molar-refractivity contribution in [1.29, 1.82) is 0 Å². The van der Waals surface area contributed by atoms with Crippen LogP contribution >= 0.6 is 0 Å². The molecule has 2 N–H and O–H groups in total. The van der Waals surface area contributed by atoms with Crippen molar-refractivity contribution in [2.45, 2.75) is 26.2 Å². The maximum atomic E-state index is 5.91. The van der Waals surface area contributed by atoms with Gasteiger partial charge in [-0.2, -0.15) is 4.80 Å². The number of hydrogen-bond acceptors (Lipinski definition) is 4. The molecule has 114 valence electrons. The summed E-state index contributed by atoms with van der Waals surface area (Å²) in [5.41, 5.74) is 10.3. The summed E-state index contributed by atoms with van der Waals surface area (Å²) in [6, 6.07) is 12.0. The molecule has 0 aliphatic rings. The maximum absolute atomic E-state index is 5.91. The minimum absolute atomic E-state index is 0.567. The molecule has 0 spiro atoms. The number of hydrogen-bond donors (Lipinski definition) is 1. The SMILES string of the molecule is CCCCc1ccc(-n2nc3cc(N)c(OC)cc3n2)cc1. The molecular weight excluding hydrogens is 276 g/mol. The van der Waals surface area contributed by atoms with Crippen molar-refractivity contribution in [2.24, 2.45) is 0 Å². The normalized spacial score (nSPS) is 11.0. The Labute approximate surface area is 129 Å². The van der Waals surface area contributed by atoms with E-state index in [-0.39, 0.29) is 0 Å². The molecule has 0 radical (unpaired) electrons. The van der Waals surface area contributed by atoms with E-state index in [2.05, 4.69) is 29.3 Å². The second-order valence-corrected chi connectivity index (χ2v) is 5.34. The third-order valence-corrected chi connectivity index (χ3v) is 3.72. The van der Waals surface area contributed by atoms with Crippen LogP contribution in [0.3, 0.4) is 0 Å². The van der Waals surface area contributed by atoms with E-state index in [4.69, 9.17) is 10.5 Å². The molecule has 2 aromatic carbocycles. The van der Waals surface area contributed by atoms with Crippen molar-refractivity contribution < 1.29 is 4.74 Å². The van der Waals surface area contributed by atoms with E-state index in [1.54, 1.807) is 18.0 Å². The first-order valence-corrected chi connectivity index (χ1v) is 7.51. The number of aryl methyl sites for hydroxylation is 1. The predicted octanol–water partition coefficient (Wildman–Crippen LogP) is 3.35. The van der Waals surface area contributed by atoms with Crippen LogP contribution in [0, 0.1) is 0 Å². The van der Waals surface area contributed by atoms with E-state index in [1.807, 2.05) is 18.2 Å². The predicted molar refractivity (Wildman–Crippen MR) is 88.4 cm³/mol. The van der Waals surface area contributed by atoms with Crippen molar-refractivity contribution in [1.82, 2.24) is 15.0 Å². The van der Waals surface area contributed by atoms with Gasteiger partial charge in [-0.05, 0) is 36.6 Å². The van der Waals surface area contributed by atoms with Crippen molar-refractivity contribution in [3.05, 3.63) is 42.0 Å². The smallest absolute Gasteiger partial charge is 0.144 e. The van der Waals surface area contributed by atoms with Gasteiger partial charge in [0.25, 0.3) is 0 Å². The lowest BCUT2D eigenvalue weighted by Gasteiger charge is -2.02. The number of nitrogen functional groups attached to an aromatic ring is 1. The summed E-state index contributed by atoms with van der Waals surface area (Å²) in [5, 5.41) is 8.98. The van der Waals surface area contributed by atoms with E-state index in [0.29, 0.717) is 11.4 Å². The Morgan fingerprint density at radius 3 is 2.41 bits per heavy atom. The number of ether oxygens (including phenoxy) is 1. The first-order chi connectivity index (χ1) is 10.7. The summed E-state index contributed by atoms with van der Waals surface area (Å²) in [6.45, 7) is 2.20. The lowest BCUT2D eigenvalue weighted by atomic mass is 10.1. The van der Waals surface area contributed by atoms with Gasteiger partial charge in [0, 0.05) is 6.07 Å². The molecule has 5 heteroatoms. The number of anilines is 1. The molecule has 0 saturated carbocycles. The number of rotatable bonds is 5. The van der Waals surface area contributed by atoms with Crippen LogP contribution in [0.15, 0.2) is 36.4 Å². The highest BCUT2D eigenvalue weighted by Gasteiger charge is 2.09. The molecule has 0 atom stereocenters. The van der Waals surface area contributed by atoms with E-state index in [9.17, 15) is 0 Å². The summed E-state index contributed by atoms with van der Waals surface area (Å²) in [5.74, 6) is 0.620. The molecule has 1 aromatic heterocycles. The quantitative estimate of drug-likeness (QED) is 0.733. The number of aromatic nitrogens is 3. The highest BCUT2D eigenvalue weighted by Crippen LogP contribution is 2.26. The summed E-state index contributed by atoms with van der Waals surface area (Å²) in [7, 11) is 1.59. The third-order valence-electron chi connectivity index (χ3n) is 3.72. The highest BCUT2D eigenvalue weighted by atomic mass is 16.5. The monoisotopic (exact) mass is 296 g/mol. The van der Waals surface area contributed by atoms with E-state index < -0.39 is 0 Å². The van der Waals surface area contributed by atoms with E-state index in [1.165, 1.54) is 18.4 Å². The van der Waals surface area contributed by atoms with Gasteiger partial charge in [0.2, 0.25) is 0 Å². The zero-order valence-electron chi connectivity index (χ0n) is 12.9. The van der Waals surface area contributed by atoms with Gasteiger partial charge in [0.15, 0.2) is 0 Å². The van der Waals surface area contributed by atoms with Crippen LogP contribution in [-0.2, 0) is 6.42 Å². The molecule has 3 aromatic rings. The van der Waals surface area contributed by atoms with Gasteiger partial charge in [-0.25, -0.2) is 0 Å². The van der Waals surface area contributed by atoms with Crippen LogP contribution < -0.4 is 10.5 Å². The van der Waals surface area contributed by atoms with Gasteiger partial charge < -0.3 is 10.5 Å². The van der Waals surface area contributed by atoms with Crippen LogP contribution in [0.2, 0.25) is 0 Å². The molecular formula is C17H20N4O. The maximum Gasteiger partial charge on any atom is 0.144 e. The summed E-state index contributed by atoms with van der Waals surface area (Å²) in [4.78, 5) is 1.63. The van der Waals surface area contributed by atoms with E-state index >= 15 is 0 Å². The lowest BCUT2D eigenvalue weighted by molar-refractivity contribution is 0.417. The van der Waals surface area contributed by atoms with Gasteiger partial charge >= 0.3 is 0 Å². The molecule has 5 nitrogen and oxygen atoms in total. The minimum Gasteiger partial charge on any atom is -0.495 e. The van der Waals surface area contributed by atoms with Gasteiger partial charge in [-0.15, -0.1) is 10.2 Å². The molecule has 0 unspecified atom stereocenters. The third kappa shape index (κ3) is 2.74. The molecule has 3 rings (SSSR count). The highest BCUT2D eigenvalue weighted by molar-refractivity contribution is 5.81. The molecule has 0 aliphatic carbocycles. The molecule has 0 fully saturated rings. The molecule has 1 heterocycles. The number of benzene rings is 2. The van der Waals surface area contributed by atoms with E-state index in [0.717, 1.165) is 23.1 Å². The second kappa shape index (κ2) is 6.05. The topological polar surface area (TPSA) is 66.0 Å². The summed E-state index contributed by atoms with van der Waals surface area (Å²) in [6.07, 6.45) is 3.53. The average molecular weight is 296 g/mol. The Morgan fingerprint density at radius 1 is 1.09 bits per heavy atom. The molecule has 0 aliphatic heterocycles. The fourth-order valence-corrected chi connectivity index (χ4v) is 2.43. The fourth-order valence-electron chi connectivity index (χ4n) is 2.43. The number of unbranched alkanes of at least 4 members (excludes halogenated alkanes) is 1. The van der Waals surface area contributed by atoms with Crippen molar-refractivity contribution in [2.75, 3.05) is 12.8 Å². The summed E-state index contributed by atoms with van der Waals surface area (Å²) >= 11 is 0. The Kier molecular flexibility index (Phi) is 3.96.